The fraction of sp³-hybridized carbons (Fsp3) is 0.0769. The highest BCUT2D eigenvalue weighted by Gasteiger charge is 2.35. The quantitative estimate of drug-likeness (QED) is 0.551. The van der Waals surface area contributed by atoms with E-state index in [4.69, 9.17) is 0 Å². The smallest absolute Gasteiger partial charge is 0.265 e. The van der Waals surface area contributed by atoms with Crippen LogP contribution in [0.2, 0.25) is 0 Å². The van der Waals surface area contributed by atoms with Gasteiger partial charge in [-0.05, 0) is 45.6 Å². The fourth-order valence-electron chi connectivity index (χ4n) is 2.29. The zero-order valence-electron chi connectivity index (χ0n) is 10.7. The van der Waals surface area contributed by atoms with E-state index in [2.05, 4.69) is 15.9 Å². The van der Waals surface area contributed by atoms with E-state index in [1.807, 2.05) is 23.6 Å². The number of sulfonamides is 1. The molecule has 3 aromatic heterocycles. The van der Waals surface area contributed by atoms with Gasteiger partial charge in [0, 0.05) is 16.8 Å². The molecule has 0 amide bonds. The van der Waals surface area contributed by atoms with Crippen LogP contribution in [0, 0.1) is 0 Å². The van der Waals surface area contributed by atoms with Crippen molar-refractivity contribution in [3.63, 3.8) is 0 Å². The van der Waals surface area contributed by atoms with Crippen LogP contribution in [-0.4, -0.2) is 15.5 Å². The van der Waals surface area contributed by atoms with Gasteiger partial charge in [-0.2, -0.15) is 0 Å². The summed E-state index contributed by atoms with van der Waals surface area (Å²) in [6.45, 7) is 0. The first-order chi connectivity index (χ1) is 9.98. The number of rotatable bonds is 1. The number of halogens is 1. The summed E-state index contributed by atoms with van der Waals surface area (Å²) in [5.41, 5.74) is 0.772. The molecule has 0 aliphatic carbocycles. The van der Waals surface area contributed by atoms with Crippen LogP contribution in [-0.2, 0) is 10.0 Å². The SMILES string of the molecule is CN1c2ccsc2-c2sc(-c3ccc(Br)s3)cc2S1(=O)=O. The first-order valence-electron chi connectivity index (χ1n) is 5.95. The molecule has 0 atom stereocenters. The molecule has 4 rings (SSSR count). The number of anilines is 1. The highest BCUT2D eigenvalue weighted by Crippen LogP contribution is 2.51. The Morgan fingerprint density at radius 3 is 2.62 bits per heavy atom. The number of thiophene rings is 3. The summed E-state index contributed by atoms with van der Waals surface area (Å²) < 4.78 is 27.7. The van der Waals surface area contributed by atoms with E-state index >= 15 is 0 Å². The van der Waals surface area contributed by atoms with Gasteiger partial charge in [-0.3, -0.25) is 4.31 Å². The molecule has 0 saturated heterocycles. The van der Waals surface area contributed by atoms with Gasteiger partial charge in [0.05, 0.1) is 19.2 Å². The van der Waals surface area contributed by atoms with Gasteiger partial charge < -0.3 is 0 Å². The molecule has 1 aliphatic rings. The zero-order valence-corrected chi connectivity index (χ0v) is 15.5. The lowest BCUT2D eigenvalue weighted by molar-refractivity contribution is 0.594. The Kier molecular flexibility index (Phi) is 3.10. The largest absolute Gasteiger partial charge is 0.268 e. The average molecular weight is 418 g/mol. The van der Waals surface area contributed by atoms with Crippen molar-refractivity contribution in [2.75, 3.05) is 11.4 Å². The van der Waals surface area contributed by atoms with Crippen molar-refractivity contribution in [3.8, 4) is 19.5 Å². The van der Waals surface area contributed by atoms with Crippen LogP contribution in [0.5, 0.6) is 0 Å². The Morgan fingerprint density at radius 2 is 1.90 bits per heavy atom. The topological polar surface area (TPSA) is 37.4 Å². The van der Waals surface area contributed by atoms with Crippen molar-refractivity contribution in [1.29, 1.82) is 0 Å². The van der Waals surface area contributed by atoms with E-state index in [0.29, 0.717) is 4.90 Å². The minimum atomic E-state index is -3.44. The van der Waals surface area contributed by atoms with Gasteiger partial charge in [-0.25, -0.2) is 8.42 Å². The second-order valence-electron chi connectivity index (χ2n) is 4.52. The van der Waals surface area contributed by atoms with E-state index in [-0.39, 0.29) is 0 Å². The summed E-state index contributed by atoms with van der Waals surface area (Å²) in [4.78, 5) is 4.39. The monoisotopic (exact) mass is 417 g/mol. The summed E-state index contributed by atoms with van der Waals surface area (Å²) in [5.74, 6) is 0. The molecule has 4 heterocycles. The molecule has 8 heteroatoms. The summed E-state index contributed by atoms with van der Waals surface area (Å²) >= 11 is 8.19. The van der Waals surface area contributed by atoms with Crippen molar-refractivity contribution in [2.45, 2.75) is 4.90 Å². The van der Waals surface area contributed by atoms with Crippen molar-refractivity contribution >= 4 is 65.7 Å². The molecule has 21 heavy (non-hydrogen) atoms. The maximum absolute atomic E-state index is 12.6. The van der Waals surface area contributed by atoms with Crippen LogP contribution >= 0.6 is 49.9 Å². The molecule has 108 valence electrons. The summed E-state index contributed by atoms with van der Waals surface area (Å²) in [6, 6.07) is 7.65. The molecule has 1 aliphatic heterocycles. The second-order valence-corrected chi connectivity index (χ2v) is 10.9. The molecule has 0 saturated carbocycles. The van der Waals surface area contributed by atoms with Crippen LogP contribution in [0.1, 0.15) is 0 Å². The third-order valence-electron chi connectivity index (χ3n) is 3.34. The molecule has 0 radical (unpaired) electrons. The second kappa shape index (κ2) is 4.66. The standard InChI is InChI=1S/C13H8BrNO2S4/c1-15-7-4-5-18-12(7)13-10(21(15,16)17)6-9(20-13)8-2-3-11(14)19-8/h2-6H,1H3. The normalized spacial score (nSPS) is 15.8. The summed E-state index contributed by atoms with van der Waals surface area (Å²) in [7, 11) is -1.83. The van der Waals surface area contributed by atoms with Gasteiger partial charge in [-0.1, -0.05) is 0 Å². The molecule has 0 unspecified atom stereocenters. The van der Waals surface area contributed by atoms with Crippen LogP contribution in [0.25, 0.3) is 19.5 Å². The van der Waals surface area contributed by atoms with Crippen LogP contribution < -0.4 is 4.31 Å². The Bertz CT molecular complexity index is 951. The molecule has 0 bridgehead atoms. The van der Waals surface area contributed by atoms with Gasteiger partial charge in [0.15, 0.2) is 0 Å². The van der Waals surface area contributed by atoms with Gasteiger partial charge in [0.2, 0.25) is 0 Å². The average Bonchev–Trinajstić information content (AvgIpc) is 3.13. The Labute approximate surface area is 142 Å². The lowest BCUT2D eigenvalue weighted by atomic mass is 10.3. The highest BCUT2D eigenvalue weighted by atomic mass is 79.9. The molecular weight excluding hydrogens is 410 g/mol. The zero-order chi connectivity index (χ0) is 14.8. The van der Waals surface area contributed by atoms with Crippen molar-refractivity contribution in [1.82, 2.24) is 0 Å². The fourth-order valence-corrected chi connectivity index (χ4v) is 7.85. The van der Waals surface area contributed by atoms with Crippen LogP contribution in [0.15, 0.2) is 38.3 Å². The van der Waals surface area contributed by atoms with Gasteiger partial charge in [0.25, 0.3) is 10.0 Å². The van der Waals surface area contributed by atoms with Gasteiger partial charge in [0.1, 0.15) is 4.90 Å². The van der Waals surface area contributed by atoms with Gasteiger partial charge >= 0.3 is 0 Å². The number of fused-ring (bicyclic) bond motifs is 3. The van der Waals surface area contributed by atoms with Crippen molar-refractivity contribution < 1.29 is 8.42 Å². The predicted octanol–water partition coefficient (Wildman–Crippen LogP) is 5.11. The molecule has 0 aromatic carbocycles. The number of hydrogen-bond acceptors (Lipinski definition) is 5. The van der Waals surface area contributed by atoms with E-state index in [1.54, 1.807) is 47.1 Å². The number of nitrogens with zero attached hydrogens (tertiary/aromatic N) is 1. The maximum Gasteiger partial charge on any atom is 0.265 e. The molecule has 0 N–H and O–H groups in total. The Morgan fingerprint density at radius 1 is 1.10 bits per heavy atom. The molecule has 3 nitrogen and oxygen atoms in total. The van der Waals surface area contributed by atoms with Crippen LogP contribution in [0.3, 0.4) is 0 Å². The highest BCUT2D eigenvalue weighted by molar-refractivity contribution is 9.11. The minimum absolute atomic E-state index is 0.421. The summed E-state index contributed by atoms with van der Waals surface area (Å²) in [6.07, 6.45) is 0. The Hall–Kier alpha value is -0.670. The molecule has 0 fully saturated rings. The molecule has 0 spiro atoms. The van der Waals surface area contributed by atoms with E-state index in [1.165, 1.54) is 4.31 Å². The first-order valence-corrected chi connectivity index (χ1v) is 10.7. The number of hydrogen-bond donors (Lipinski definition) is 0. The lowest BCUT2D eigenvalue weighted by Crippen LogP contribution is -2.28. The third kappa shape index (κ3) is 1.97. The van der Waals surface area contributed by atoms with Crippen LogP contribution in [0.4, 0.5) is 5.69 Å². The predicted molar refractivity (Wildman–Crippen MR) is 94.2 cm³/mol. The van der Waals surface area contributed by atoms with Crippen molar-refractivity contribution in [3.05, 3.63) is 33.4 Å². The Balaban J connectivity index is 2.00. The molecule has 3 aromatic rings. The summed E-state index contributed by atoms with van der Waals surface area (Å²) in [5, 5.41) is 1.94. The minimum Gasteiger partial charge on any atom is -0.268 e. The van der Waals surface area contributed by atoms with E-state index in [9.17, 15) is 8.42 Å². The first kappa shape index (κ1) is 14.0. The maximum atomic E-state index is 12.6. The molecular formula is C13H8BrNO2S4. The van der Waals surface area contributed by atoms with E-state index < -0.39 is 10.0 Å². The lowest BCUT2D eigenvalue weighted by Gasteiger charge is -2.24. The van der Waals surface area contributed by atoms with Gasteiger partial charge in [-0.15, -0.1) is 34.0 Å². The third-order valence-corrected chi connectivity index (χ3v) is 9.29. The van der Waals surface area contributed by atoms with Crippen molar-refractivity contribution in [2.24, 2.45) is 0 Å². The van der Waals surface area contributed by atoms with E-state index in [0.717, 1.165) is 29.0 Å².